The molecule has 92 valence electrons. The smallest absolute Gasteiger partial charge is 0.0372 e. The lowest BCUT2D eigenvalue weighted by molar-refractivity contribution is 0.578. The van der Waals surface area contributed by atoms with Crippen LogP contribution in [0.3, 0.4) is 0 Å². The van der Waals surface area contributed by atoms with Crippen molar-refractivity contribution in [1.29, 1.82) is 0 Å². The number of anilines is 1. The summed E-state index contributed by atoms with van der Waals surface area (Å²) in [6.45, 7) is 2.38. The van der Waals surface area contributed by atoms with E-state index in [0.717, 1.165) is 0 Å². The molecule has 0 radical (unpaired) electrons. The highest BCUT2D eigenvalue weighted by Crippen LogP contribution is 2.25. The number of rotatable bonds is 2. The third-order valence-corrected chi connectivity index (χ3v) is 3.56. The minimum Gasteiger partial charge on any atom is -0.372 e. The Morgan fingerprint density at radius 1 is 0.889 bits per heavy atom. The average Bonchev–Trinajstić information content (AvgIpc) is 2.49. The lowest BCUT2D eigenvalue weighted by Crippen LogP contribution is -2.29. The minimum atomic E-state index is 1.19. The Balaban J connectivity index is 1.89. The molecule has 1 saturated heterocycles. The van der Waals surface area contributed by atoms with Crippen LogP contribution < -0.4 is 4.90 Å². The Morgan fingerprint density at radius 2 is 1.72 bits per heavy atom. The Kier molecular flexibility index (Phi) is 3.26. The zero-order chi connectivity index (χ0) is 12.2. The number of hydrogen-bond acceptors (Lipinski definition) is 2. The molecule has 0 amide bonds. The van der Waals surface area contributed by atoms with Crippen molar-refractivity contribution in [3.8, 4) is 11.1 Å². The molecule has 1 fully saturated rings. The maximum absolute atomic E-state index is 4.19. The van der Waals surface area contributed by atoms with E-state index in [4.69, 9.17) is 0 Å². The van der Waals surface area contributed by atoms with Gasteiger partial charge in [0.15, 0.2) is 0 Å². The van der Waals surface area contributed by atoms with Gasteiger partial charge in [0, 0.05) is 36.7 Å². The Hall–Kier alpha value is -1.83. The van der Waals surface area contributed by atoms with Gasteiger partial charge >= 0.3 is 0 Å². The molecule has 0 spiro atoms. The van der Waals surface area contributed by atoms with Gasteiger partial charge in [-0.15, -0.1) is 0 Å². The molecule has 0 bridgehead atoms. The van der Waals surface area contributed by atoms with Crippen LogP contribution in [0.5, 0.6) is 0 Å². The standard InChI is InChI=1S/C16H18N2/c1-2-10-18(11-3-1)16-8-4-6-14(12-16)15-7-5-9-17-13-15/h4-9,12-13H,1-3,10-11H2. The number of hydrogen-bond donors (Lipinski definition) is 0. The molecular formula is C16H18N2. The zero-order valence-corrected chi connectivity index (χ0v) is 10.5. The summed E-state index contributed by atoms with van der Waals surface area (Å²) >= 11 is 0. The van der Waals surface area contributed by atoms with E-state index in [0.29, 0.717) is 0 Å². The van der Waals surface area contributed by atoms with Crippen LogP contribution in [0.15, 0.2) is 48.8 Å². The van der Waals surface area contributed by atoms with E-state index < -0.39 is 0 Å². The Bertz CT molecular complexity index is 502. The van der Waals surface area contributed by atoms with Gasteiger partial charge in [-0.1, -0.05) is 18.2 Å². The summed E-state index contributed by atoms with van der Waals surface area (Å²) in [6, 6.07) is 12.9. The molecule has 1 aromatic heterocycles. The predicted molar refractivity (Wildman–Crippen MR) is 75.7 cm³/mol. The van der Waals surface area contributed by atoms with Crippen molar-refractivity contribution in [2.24, 2.45) is 0 Å². The SMILES string of the molecule is c1cncc(-c2cccc(N3CCCCC3)c2)c1. The van der Waals surface area contributed by atoms with Gasteiger partial charge in [0.2, 0.25) is 0 Å². The number of piperidine rings is 1. The van der Waals surface area contributed by atoms with E-state index in [9.17, 15) is 0 Å². The molecule has 18 heavy (non-hydrogen) atoms. The van der Waals surface area contributed by atoms with Gasteiger partial charge < -0.3 is 4.90 Å². The largest absolute Gasteiger partial charge is 0.372 e. The summed E-state index contributed by atoms with van der Waals surface area (Å²) in [6.07, 6.45) is 7.75. The van der Waals surface area contributed by atoms with Crippen molar-refractivity contribution in [3.05, 3.63) is 48.8 Å². The summed E-state index contributed by atoms with van der Waals surface area (Å²) in [4.78, 5) is 6.68. The van der Waals surface area contributed by atoms with E-state index in [1.807, 2.05) is 18.5 Å². The fourth-order valence-corrected chi connectivity index (χ4v) is 2.57. The maximum atomic E-state index is 4.19. The molecule has 3 rings (SSSR count). The van der Waals surface area contributed by atoms with Gasteiger partial charge in [0.05, 0.1) is 0 Å². The van der Waals surface area contributed by atoms with Crippen molar-refractivity contribution in [2.75, 3.05) is 18.0 Å². The number of nitrogens with zero attached hydrogens (tertiary/aromatic N) is 2. The molecule has 0 saturated carbocycles. The predicted octanol–water partition coefficient (Wildman–Crippen LogP) is 3.74. The second kappa shape index (κ2) is 5.21. The summed E-state index contributed by atoms with van der Waals surface area (Å²) in [5, 5.41) is 0. The topological polar surface area (TPSA) is 16.1 Å². The van der Waals surface area contributed by atoms with Crippen molar-refractivity contribution in [3.63, 3.8) is 0 Å². The number of pyridine rings is 1. The van der Waals surface area contributed by atoms with Gasteiger partial charge in [0.25, 0.3) is 0 Å². The van der Waals surface area contributed by atoms with Crippen LogP contribution in [0.25, 0.3) is 11.1 Å². The highest BCUT2D eigenvalue weighted by molar-refractivity contribution is 5.67. The fourth-order valence-electron chi connectivity index (χ4n) is 2.57. The van der Waals surface area contributed by atoms with E-state index in [2.05, 4.69) is 40.2 Å². The molecule has 2 heteroatoms. The zero-order valence-electron chi connectivity index (χ0n) is 10.5. The molecule has 1 aliphatic rings. The van der Waals surface area contributed by atoms with Gasteiger partial charge in [-0.25, -0.2) is 0 Å². The number of aromatic nitrogens is 1. The third-order valence-electron chi connectivity index (χ3n) is 3.56. The van der Waals surface area contributed by atoms with Crippen molar-refractivity contribution in [2.45, 2.75) is 19.3 Å². The average molecular weight is 238 g/mol. The summed E-state index contributed by atoms with van der Waals surface area (Å²) in [5.74, 6) is 0. The van der Waals surface area contributed by atoms with E-state index >= 15 is 0 Å². The maximum Gasteiger partial charge on any atom is 0.0372 e. The van der Waals surface area contributed by atoms with Crippen LogP contribution >= 0.6 is 0 Å². The second-order valence-electron chi connectivity index (χ2n) is 4.84. The summed E-state index contributed by atoms with van der Waals surface area (Å²) < 4.78 is 0. The molecule has 0 atom stereocenters. The van der Waals surface area contributed by atoms with Crippen molar-refractivity contribution < 1.29 is 0 Å². The van der Waals surface area contributed by atoms with Gasteiger partial charge in [-0.2, -0.15) is 0 Å². The molecule has 0 unspecified atom stereocenters. The third kappa shape index (κ3) is 2.37. The first-order chi connectivity index (χ1) is 8.93. The van der Waals surface area contributed by atoms with Crippen molar-refractivity contribution >= 4 is 5.69 Å². The van der Waals surface area contributed by atoms with Crippen LogP contribution in [0, 0.1) is 0 Å². The first-order valence-corrected chi connectivity index (χ1v) is 6.69. The van der Waals surface area contributed by atoms with Gasteiger partial charge in [-0.05, 0) is 43.0 Å². The van der Waals surface area contributed by atoms with Gasteiger partial charge in [0.1, 0.15) is 0 Å². The van der Waals surface area contributed by atoms with Crippen LogP contribution in [0.4, 0.5) is 5.69 Å². The fraction of sp³-hybridized carbons (Fsp3) is 0.312. The normalized spacial score (nSPS) is 15.7. The van der Waals surface area contributed by atoms with Crippen LogP contribution in [0.1, 0.15) is 19.3 Å². The first kappa shape index (κ1) is 11.3. The monoisotopic (exact) mass is 238 g/mol. The Morgan fingerprint density at radius 3 is 2.50 bits per heavy atom. The quantitative estimate of drug-likeness (QED) is 0.792. The Labute approximate surface area is 108 Å². The lowest BCUT2D eigenvalue weighted by atomic mass is 10.1. The minimum absolute atomic E-state index is 1.19. The lowest BCUT2D eigenvalue weighted by Gasteiger charge is -2.29. The van der Waals surface area contributed by atoms with E-state index in [1.54, 1.807) is 0 Å². The number of benzene rings is 1. The van der Waals surface area contributed by atoms with Crippen LogP contribution in [-0.4, -0.2) is 18.1 Å². The molecule has 2 heterocycles. The highest BCUT2D eigenvalue weighted by atomic mass is 15.1. The van der Waals surface area contributed by atoms with Gasteiger partial charge in [-0.3, -0.25) is 4.98 Å². The second-order valence-corrected chi connectivity index (χ2v) is 4.84. The highest BCUT2D eigenvalue weighted by Gasteiger charge is 2.11. The molecule has 0 N–H and O–H groups in total. The van der Waals surface area contributed by atoms with E-state index in [-0.39, 0.29) is 0 Å². The first-order valence-electron chi connectivity index (χ1n) is 6.69. The van der Waals surface area contributed by atoms with Crippen molar-refractivity contribution in [1.82, 2.24) is 4.98 Å². The molecule has 1 aliphatic heterocycles. The molecule has 2 nitrogen and oxygen atoms in total. The van der Waals surface area contributed by atoms with Crippen LogP contribution in [-0.2, 0) is 0 Å². The summed E-state index contributed by atoms with van der Waals surface area (Å²) in [7, 11) is 0. The molecule has 2 aromatic rings. The van der Waals surface area contributed by atoms with Crippen LogP contribution in [0.2, 0.25) is 0 Å². The summed E-state index contributed by atoms with van der Waals surface area (Å²) in [5.41, 5.74) is 3.79. The molecular weight excluding hydrogens is 220 g/mol. The molecule has 0 aliphatic carbocycles. The van der Waals surface area contributed by atoms with E-state index in [1.165, 1.54) is 49.2 Å². The molecule has 1 aromatic carbocycles.